The molecule has 0 aromatic carbocycles. The maximum Gasteiger partial charge on any atom is 1.00 e. The quantitative estimate of drug-likeness (QED) is 0.341. The predicted octanol–water partition coefficient (Wildman–Crippen LogP) is -2.22. The van der Waals surface area contributed by atoms with Crippen LogP contribution in [0.25, 0.3) is 11.0 Å². The van der Waals surface area contributed by atoms with Crippen molar-refractivity contribution in [3.63, 3.8) is 0 Å². The van der Waals surface area contributed by atoms with E-state index in [9.17, 15) is 14.7 Å². The monoisotopic (exact) mass is 367 g/mol. The fourth-order valence-corrected chi connectivity index (χ4v) is 5.62. The molecule has 1 atom stereocenters. The number of hydrogen-bond acceptors (Lipinski definition) is 6. The van der Waals surface area contributed by atoms with E-state index >= 15 is 0 Å². The molecule has 1 amide bonds. The number of thiazole rings is 1. The molecule has 3 aliphatic rings. The molecular formula is C15H10N3NaO3S2. The first-order chi connectivity index (χ1) is 11.1. The van der Waals surface area contributed by atoms with Crippen LogP contribution in [0.1, 0.15) is 22.7 Å². The Kier molecular flexibility index (Phi) is 3.92. The molecule has 0 radical (unpaired) electrons. The van der Waals surface area contributed by atoms with Gasteiger partial charge in [0.1, 0.15) is 5.37 Å². The van der Waals surface area contributed by atoms with E-state index in [-0.39, 0.29) is 46.5 Å². The van der Waals surface area contributed by atoms with E-state index in [2.05, 4.69) is 9.38 Å². The van der Waals surface area contributed by atoms with Gasteiger partial charge >= 0.3 is 29.6 Å². The summed E-state index contributed by atoms with van der Waals surface area (Å²) < 4.78 is 2.12. The minimum atomic E-state index is -1.31. The number of thioether (sulfide) groups is 1. The standard InChI is InChI=1S/C15H11N3O3S2.Na/c19-12-8(13-18(12)10(6-22-13)14(20)21)4-7-5-17-9-2-1-3-11(9)23-15(17)16-7;/h4-6,13H,1-3H2,(H,20,21);/q;+1/p-1/b8-4-;. The molecule has 1 fully saturated rings. The van der Waals surface area contributed by atoms with Gasteiger partial charge in [0.2, 0.25) is 0 Å². The zero-order valence-electron chi connectivity index (χ0n) is 12.8. The second-order valence-electron chi connectivity index (χ2n) is 5.70. The predicted molar refractivity (Wildman–Crippen MR) is 84.4 cm³/mol. The maximum atomic E-state index is 12.2. The minimum Gasteiger partial charge on any atom is -0.543 e. The van der Waals surface area contributed by atoms with Crippen molar-refractivity contribution in [3.8, 4) is 0 Å². The molecule has 0 saturated carbocycles. The van der Waals surface area contributed by atoms with Crippen LogP contribution < -0.4 is 34.7 Å². The Labute approximate surface area is 167 Å². The summed E-state index contributed by atoms with van der Waals surface area (Å²) in [4.78, 5) is 31.4. The van der Waals surface area contributed by atoms with E-state index in [0.29, 0.717) is 5.57 Å². The summed E-state index contributed by atoms with van der Waals surface area (Å²) in [6.07, 6.45) is 7.13. The molecule has 0 N–H and O–H groups in total. The average molecular weight is 367 g/mol. The summed E-state index contributed by atoms with van der Waals surface area (Å²) >= 11 is 3.02. The Balaban J connectivity index is 0.00000146. The molecule has 4 heterocycles. The van der Waals surface area contributed by atoms with Gasteiger partial charge < -0.3 is 9.90 Å². The third kappa shape index (κ3) is 2.17. The van der Waals surface area contributed by atoms with Crippen molar-refractivity contribution in [2.24, 2.45) is 0 Å². The number of carboxylic acids is 1. The van der Waals surface area contributed by atoms with Crippen LogP contribution in [-0.4, -0.2) is 31.5 Å². The molecule has 2 aromatic rings. The van der Waals surface area contributed by atoms with Crippen molar-refractivity contribution in [1.29, 1.82) is 0 Å². The largest absolute Gasteiger partial charge is 1.00 e. The van der Waals surface area contributed by atoms with Crippen LogP contribution >= 0.6 is 23.1 Å². The van der Waals surface area contributed by atoms with E-state index in [0.717, 1.165) is 23.5 Å². The molecule has 2 aromatic heterocycles. The molecular weight excluding hydrogens is 357 g/mol. The number of hydrogen-bond donors (Lipinski definition) is 0. The Morgan fingerprint density at radius 1 is 1.42 bits per heavy atom. The molecule has 1 aliphatic carbocycles. The van der Waals surface area contributed by atoms with Crippen molar-refractivity contribution in [2.45, 2.75) is 24.6 Å². The number of carboxylic acid groups (broad SMARTS) is 1. The summed E-state index contributed by atoms with van der Waals surface area (Å²) in [6.45, 7) is 0. The number of carbonyl (C=O) groups is 2. The van der Waals surface area contributed by atoms with Crippen LogP contribution in [0.3, 0.4) is 0 Å². The van der Waals surface area contributed by atoms with Crippen LogP contribution in [0.2, 0.25) is 0 Å². The van der Waals surface area contributed by atoms with Gasteiger partial charge in [-0.25, -0.2) is 4.98 Å². The van der Waals surface area contributed by atoms with Gasteiger partial charge in [-0.15, -0.1) is 23.1 Å². The molecule has 24 heavy (non-hydrogen) atoms. The second-order valence-corrected chi connectivity index (χ2v) is 7.71. The SMILES string of the molecule is O=C([O-])C1=CSC2/C(=C\c3cn4c5c(sc4n3)CCC5)C(=O)N12.[Na+]. The van der Waals surface area contributed by atoms with Crippen molar-refractivity contribution >= 4 is 46.0 Å². The summed E-state index contributed by atoms with van der Waals surface area (Å²) in [5, 5.41) is 12.2. The molecule has 1 unspecified atom stereocenters. The number of imidazole rings is 1. The minimum absolute atomic E-state index is 0. The van der Waals surface area contributed by atoms with Crippen molar-refractivity contribution in [1.82, 2.24) is 14.3 Å². The van der Waals surface area contributed by atoms with Gasteiger partial charge in [-0.05, 0) is 30.7 Å². The number of fused-ring (bicyclic) bond motifs is 4. The summed E-state index contributed by atoms with van der Waals surface area (Å²) in [5.74, 6) is -1.59. The third-order valence-corrected chi connectivity index (χ3v) is 6.62. The van der Waals surface area contributed by atoms with Gasteiger partial charge in [0.15, 0.2) is 4.96 Å². The average Bonchev–Trinajstić information content (AvgIpc) is 3.23. The van der Waals surface area contributed by atoms with Crippen molar-refractivity contribution in [3.05, 3.63) is 39.1 Å². The maximum absolute atomic E-state index is 12.2. The number of carbonyl (C=O) groups excluding carboxylic acids is 2. The molecule has 5 rings (SSSR count). The number of β-lactam (4-membered cyclic amide) rings is 1. The molecule has 0 bridgehead atoms. The van der Waals surface area contributed by atoms with E-state index < -0.39 is 5.97 Å². The van der Waals surface area contributed by atoms with Crippen LogP contribution in [0.4, 0.5) is 0 Å². The van der Waals surface area contributed by atoms with Crippen molar-refractivity contribution in [2.75, 3.05) is 0 Å². The summed E-state index contributed by atoms with van der Waals surface area (Å²) in [6, 6.07) is 0. The number of amides is 1. The number of aliphatic carboxylic acids is 1. The zero-order chi connectivity index (χ0) is 15.7. The third-order valence-electron chi connectivity index (χ3n) is 4.38. The first-order valence-corrected chi connectivity index (χ1v) is 9.01. The zero-order valence-corrected chi connectivity index (χ0v) is 16.4. The van der Waals surface area contributed by atoms with Gasteiger partial charge in [0, 0.05) is 16.8 Å². The van der Waals surface area contributed by atoms with E-state index in [1.165, 1.54) is 39.1 Å². The second kappa shape index (κ2) is 5.74. The van der Waals surface area contributed by atoms with Crippen molar-refractivity contribution < 1.29 is 44.3 Å². The fourth-order valence-electron chi connectivity index (χ4n) is 3.31. The topological polar surface area (TPSA) is 77.7 Å². The number of rotatable bonds is 2. The van der Waals surface area contributed by atoms with Gasteiger partial charge in [-0.3, -0.25) is 14.1 Å². The molecule has 6 nitrogen and oxygen atoms in total. The summed E-state index contributed by atoms with van der Waals surface area (Å²) in [5.41, 5.74) is 2.62. The Morgan fingerprint density at radius 3 is 3.04 bits per heavy atom. The smallest absolute Gasteiger partial charge is 0.543 e. The number of aryl methyl sites for hydroxylation is 2. The van der Waals surface area contributed by atoms with Crippen LogP contribution in [0, 0.1) is 0 Å². The van der Waals surface area contributed by atoms with E-state index in [1.807, 2.05) is 6.20 Å². The molecule has 2 aliphatic heterocycles. The van der Waals surface area contributed by atoms with Gasteiger partial charge in [-0.2, -0.15) is 0 Å². The summed E-state index contributed by atoms with van der Waals surface area (Å²) in [7, 11) is 0. The Morgan fingerprint density at radius 2 is 2.25 bits per heavy atom. The van der Waals surface area contributed by atoms with E-state index in [4.69, 9.17) is 0 Å². The van der Waals surface area contributed by atoms with E-state index in [1.54, 1.807) is 17.4 Å². The molecule has 1 saturated heterocycles. The number of aromatic nitrogens is 2. The van der Waals surface area contributed by atoms with Gasteiger partial charge in [0.05, 0.1) is 22.9 Å². The van der Waals surface area contributed by atoms with Crippen LogP contribution in [0.5, 0.6) is 0 Å². The van der Waals surface area contributed by atoms with Gasteiger partial charge in [0.25, 0.3) is 5.91 Å². The molecule has 0 spiro atoms. The van der Waals surface area contributed by atoms with Crippen LogP contribution in [0.15, 0.2) is 22.9 Å². The molecule has 9 heteroatoms. The van der Waals surface area contributed by atoms with Crippen LogP contribution in [-0.2, 0) is 22.4 Å². The normalized spacial score (nSPS) is 23.1. The van der Waals surface area contributed by atoms with Gasteiger partial charge in [-0.1, -0.05) is 0 Å². The fraction of sp³-hybridized carbons (Fsp3) is 0.267. The first-order valence-electron chi connectivity index (χ1n) is 7.25. The number of nitrogens with zero attached hydrogens (tertiary/aromatic N) is 3. The Hall–Kier alpha value is -1.06. The Bertz CT molecular complexity index is 959. The first kappa shape index (κ1) is 16.4. The molecule has 116 valence electrons.